The number of hydrogen-bond acceptors (Lipinski definition) is 10. The Morgan fingerprint density at radius 1 is 0.902 bits per heavy atom. The molecule has 0 spiro atoms. The van der Waals surface area contributed by atoms with Gasteiger partial charge in [0.2, 0.25) is 11.7 Å². The molecule has 12 heteroatoms. The maximum absolute atomic E-state index is 14.2. The van der Waals surface area contributed by atoms with E-state index in [4.69, 9.17) is 28.4 Å². The molecule has 0 aromatic heterocycles. The summed E-state index contributed by atoms with van der Waals surface area (Å²) in [4.78, 5) is 31.7. The number of nitrogens with zero attached hydrogens (tertiary/aromatic N) is 2. The first kappa shape index (κ1) is 30.6. The average Bonchev–Trinajstić information content (AvgIpc) is 3.47. The number of carbonyl (C=O) groups is 2. The largest absolute Gasteiger partial charge is 0.493 e. The summed E-state index contributed by atoms with van der Waals surface area (Å²) in [6, 6.07) is 8.06. The van der Waals surface area contributed by atoms with E-state index in [1.807, 2.05) is 12.1 Å². The van der Waals surface area contributed by atoms with Crippen molar-refractivity contribution >= 4 is 23.6 Å². The van der Waals surface area contributed by atoms with Crippen LogP contribution in [0.25, 0.3) is 0 Å². The van der Waals surface area contributed by atoms with Crippen LogP contribution in [0.5, 0.6) is 28.7 Å². The van der Waals surface area contributed by atoms with E-state index in [0.717, 1.165) is 44.8 Å². The molecule has 2 aromatic carbocycles. The zero-order valence-electron chi connectivity index (χ0n) is 24.3. The molecule has 224 valence electrons. The number of carbonyl (C=O) groups excluding carboxylic acids is 2. The van der Waals surface area contributed by atoms with Crippen LogP contribution >= 0.6 is 11.8 Å². The van der Waals surface area contributed by atoms with Crippen molar-refractivity contribution in [1.29, 1.82) is 0 Å². The quantitative estimate of drug-likeness (QED) is 0.372. The number of nitrogens with one attached hydrogen (secondary N) is 1. The number of methoxy groups -OCH3 is 5. The first-order valence-corrected chi connectivity index (χ1v) is 14.5. The summed E-state index contributed by atoms with van der Waals surface area (Å²) in [5.74, 6) is 2.13. The Labute approximate surface area is 245 Å². The first-order valence-electron chi connectivity index (χ1n) is 13.5. The van der Waals surface area contributed by atoms with Gasteiger partial charge in [0.25, 0.3) is 5.91 Å². The second kappa shape index (κ2) is 14.5. The lowest BCUT2D eigenvalue weighted by molar-refractivity contribution is -0.124. The molecule has 2 fully saturated rings. The van der Waals surface area contributed by atoms with E-state index in [-0.39, 0.29) is 11.8 Å². The molecule has 2 aromatic rings. The molecule has 2 aliphatic heterocycles. The third kappa shape index (κ3) is 6.94. The lowest BCUT2D eigenvalue weighted by atomic mass is 10.1. The molecule has 0 aliphatic carbocycles. The molecule has 0 saturated carbocycles. The summed E-state index contributed by atoms with van der Waals surface area (Å²) in [6.45, 7) is 4.67. The van der Waals surface area contributed by atoms with Crippen LogP contribution in [-0.4, -0.2) is 108 Å². The number of thioether (sulfide) groups is 1. The van der Waals surface area contributed by atoms with E-state index in [1.165, 1.54) is 33.1 Å². The minimum Gasteiger partial charge on any atom is -0.493 e. The molecule has 2 aliphatic rings. The van der Waals surface area contributed by atoms with E-state index >= 15 is 0 Å². The highest BCUT2D eigenvalue weighted by Gasteiger charge is 2.43. The van der Waals surface area contributed by atoms with Gasteiger partial charge < -0.3 is 38.6 Å². The number of amides is 2. The van der Waals surface area contributed by atoms with Gasteiger partial charge in [-0.15, -0.1) is 11.8 Å². The second-order valence-corrected chi connectivity index (χ2v) is 10.7. The van der Waals surface area contributed by atoms with Crippen molar-refractivity contribution in [2.75, 3.05) is 80.7 Å². The summed E-state index contributed by atoms with van der Waals surface area (Å²) in [5, 5.41) is 2.62. The van der Waals surface area contributed by atoms with E-state index in [2.05, 4.69) is 10.2 Å². The zero-order chi connectivity index (χ0) is 29.4. The Morgan fingerprint density at radius 3 is 2.17 bits per heavy atom. The summed E-state index contributed by atoms with van der Waals surface area (Å²) < 4.78 is 32.7. The lowest BCUT2D eigenvalue weighted by Crippen LogP contribution is -2.48. The molecule has 0 bridgehead atoms. The van der Waals surface area contributed by atoms with Crippen molar-refractivity contribution in [1.82, 2.24) is 15.1 Å². The Morgan fingerprint density at radius 2 is 1.56 bits per heavy atom. The van der Waals surface area contributed by atoms with Crippen molar-refractivity contribution in [3.63, 3.8) is 0 Å². The van der Waals surface area contributed by atoms with Crippen molar-refractivity contribution < 1.29 is 38.0 Å². The third-order valence-corrected chi connectivity index (χ3v) is 8.52. The Balaban J connectivity index is 1.60. The molecule has 41 heavy (non-hydrogen) atoms. The van der Waals surface area contributed by atoms with Gasteiger partial charge in [-0.25, -0.2) is 0 Å². The van der Waals surface area contributed by atoms with Crippen LogP contribution in [0.15, 0.2) is 30.3 Å². The highest BCUT2D eigenvalue weighted by atomic mass is 32.2. The first-order chi connectivity index (χ1) is 19.9. The van der Waals surface area contributed by atoms with E-state index in [9.17, 15) is 9.59 Å². The van der Waals surface area contributed by atoms with E-state index in [0.29, 0.717) is 46.6 Å². The van der Waals surface area contributed by atoms with Crippen LogP contribution in [0.2, 0.25) is 0 Å². The number of morpholine rings is 1. The molecule has 2 heterocycles. The number of ether oxygens (including phenoxy) is 6. The van der Waals surface area contributed by atoms with Gasteiger partial charge in [0, 0.05) is 31.0 Å². The van der Waals surface area contributed by atoms with Crippen LogP contribution in [0.1, 0.15) is 27.7 Å². The molecule has 2 saturated heterocycles. The van der Waals surface area contributed by atoms with E-state index < -0.39 is 11.4 Å². The van der Waals surface area contributed by atoms with Crippen molar-refractivity contribution in [2.24, 2.45) is 0 Å². The fraction of sp³-hybridized carbons (Fsp3) is 0.517. The molecular formula is C29H39N3O8S. The van der Waals surface area contributed by atoms with Gasteiger partial charge in [-0.1, -0.05) is 6.07 Å². The minimum absolute atomic E-state index is 0.191. The van der Waals surface area contributed by atoms with Gasteiger partial charge in [0.1, 0.15) is 11.4 Å². The number of rotatable bonds is 12. The number of benzene rings is 2. The highest BCUT2D eigenvalue weighted by molar-refractivity contribution is 7.99. The summed E-state index contributed by atoms with van der Waals surface area (Å²) in [7, 11) is 7.64. The Kier molecular flexibility index (Phi) is 10.8. The van der Waals surface area contributed by atoms with E-state index in [1.54, 1.807) is 37.3 Å². The lowest BCUT2D eigenvalue weighted by Gasteiger charge is -2.30. The van der Waals surface area contributed by atoms with Crippen LogP contribution in [0, 0.1) is 0 Å². The van der Waals surface area contributed by atoms with Crippen LogP contribution < -0.4 is 29.0 Å². The maximum Gasteiger partial charge on any atom is 0.256 e. The fourth-order valence-electron chi connectivity index (χ4n) is 5.03. The summed E-state index contributed by atoms with van der Waals surface area (Å²) in [6.07, 6.45) is 0.811. The third-order valence-electron chi connectivity index (χ3n) is 7.20. The van der Waals surface area contributed by atoms with Gasteiger partial charge in [-0.2, -0.15) is 0 Å². The SMILES string of the molecule is COc1ccc(C2SCC(C(=O)NCCCN3CCOCC3)N2C(=O)c2cc(OC)c(OC)c(OC)c2)cc1OC. The normalized spacial score (nSPS) is 19.0. The minimum atomic E-state index is -0.687. The van der Waals surface area contributed by atoms with Crippen molar-refractivity contribution in [2.45, 2.75) is 17.8 Å². The predicted molar refractivity (Wildman–Crippen MR) is 156 cm³/mol. The van der Waals surface area contributed by atoms with Gasteiger partial charge in [-0.05, 0) is 42.8 Å². The van der Waals surface area contributed by atoms with Gasteiger partial charge in [0.15, 0.2) is 23.0 Å². The van der Waals surface area contributed by atoms with Gasteiger partial charge in [-0.3, -0.25) is 14.5 Å². The van der Waals surface area contributed by atoms with Gasteiger partial charge in [0.05, 0.1) is 48.8 Å². The topological polar surface area (TPSA) is 108 Å². The highest BCUT2D eigenvalue weighted by Crippen LogP contribution is 2.46. The summed E-state index contributed by atoms with van der Waals surface area (Å²) >= 11 is 1.52. The molecule has 0 radical (unpaired) electrons. The predicted octanol–water partition coefficient (Wildman–Crippen LogP) is 2.82. The molecule has 11 nitrogen and oxygen atoms in total. The van der Waals surface area contributed by atoms with Crippen molar-refractivity contribution in [3.8, 4) is 28.7 Å². The Hall–Kier alpha value is -3.35. The fourth-order valence-corrected chi connectivity index (χ4v) is 6.45. The monoisotopic (exact) mass is 589 g/mol. The summed E-state index contributed by atoms with van der Waals surface area (Å²) in [5.41, 5.74) is 1.13. The molecular weight excluding hydrogens is 550 g/mol. The molecule has 4 rings (SSSR count). The zero-order valence-corrected chi connectivity index (χ0v) is 25.1. The molecule has 2 atom stereocenters. The second-order valence-electron chi connectivity index (χ2n) is 9.54. The smallest absolute Gasteiger partial charge is 0.256 e. The molecule has 2 unspecified atom stereocenters. The molecule has 2 amide bonds. The van der Waals surface area contributed by atoms with Crippen LogP contribution in [0.3, 0.4) is 0 Å². The molecule has 1 N–H and O–H groups in total. The van der Waals surface area contributed by atoms with Crippen LogP contribution in [-0.2, 0) is 9.53 Å². The average molecular weight is 590 g/mol. The van der Waals surface area contributed by atoms with Crippen molar-refractivity contribution in [3.05, 3.63) is 41.5 Å². The standard InChI is InChI=1S/C29H39N3O8S/c1-35-22-8-7-19(15-23(22)36-2)29-32(28(34)20-16-24(37-3)26(39-5)25(17-20)38-4)21(18-41-29)27(33)30-9-6-10-31-11-13-40-14-12-31/h7-8,15-17,21,29H,6,9-14,18H2,1-5H3,(H,30,33). The number of hydrogen-bond donors (Lipinski definition) is 1. The van der Waals surface area contributed by atoms with Crippen LogP contribution in [0.4, 0.5) is 0 Å². The maximum atomic E-state index is 14.2. The Bertz CT molecular complexity index is 1180. The van der Waals surface area contributed by atoms with Gasteiger partial charge >= 0.3 is 0 Å².